The molecule has 6 nitrogen and oxygen atoms in total. The average molecular weight is 281 g/mol. The highest BCUT2D eigenvalue weighted by Crippen LogP contribution is 2.14. The van der Waals surface area contributed by atoms with E-state index in [1.165, 1.54) is 10.9 Å². The SMILES string of the molecule is CC(C)CN(CC(C)C)C(=O)c1c(C(=O)O)cnn1C. The van der Waals surface area contributed by atoms with Gasteiger partial charge >= 0.3 is 5.97 Å². The molecule has 0 saturated heterocycles. The summed E-state index contributed by atoms with van der Waals surface area (Å²) in [7, 11) is 1.59. The van der Waals surface area contributed by atoms with Crippen LogP contribution < -0.4 is 0 Å². The maximum atomic E-state index is 12.6. The molecule has 1 aromatic rings. The predicted octanol–water partition coefficient (Wildman–Crippen LogP) is 1.87. The van der Waals surface area contributed by atoms with E-state index >= 15 is 0 Å². The van der Waals surface area contributed by atoms with Gasteiger partial charge in [-0.3, -0.25) is 9.48 Å². The van der Waals surface area contributed by atoms with E-state index in [4.69, 9.17) is 5.11 Å². The minimum absolute atomic E-state index is 0.0463. The molecule has 1 heterocycles. The number of carbonyl (C=O) groups is 2. The number of aryl methyl sites for hydroxylation is 1. The van der Waals surface area contributed by atoms with Gasteiger partial charge in [0.1, 0.15) is 11.3 Å². The van der Waals surface area contributed by atoms with Gasteiger partial charge in [0.2, 0.25) is 0 Å². The highest BCUT2D eigenvalue weighted by atomic mass is 16.4. The summed E-state index contributed by atoms with van der Waals surface area (Å²) < 4.78 is 1.33. The van der Waals surface area contributed by atoms with Crippen molar-refractivity contribution < 1.29 is 14.7 Å². The van der Waals surface area contributed by atoms with E-state index in [2.05, 4.69) is 5.10 Å². The van der Waals surface area contributed by atoms with Gasteiger partial charge in [-0.1, -0.05) is 27.7 Å². The molecule has 6 heteroatoms. The van der Waals surface area contributed by atoms with Crippen molar-refractivity contribution in [3.63, 3.8) is 0 Å². The summed E-state index contributed by atoms with van der Waals surface area (Å²) in [5.74, 6) is -0.765. The molecule has 0 unspecified atom stereocenters. The van der Waals surface area contributed by atoms with Crippen LogP contribution in [-0.4, -0.2) is 44.8 Å². The second-order valence-corrected chi connectivity index (χ2v) is 5.83. The second kappa shape index (κ2) is 6.54. The largest absolute Gasteiger partial charge is 0.478 e. The second-order valence-electron chi connectivity index (χ2n) is 5.83. The number of amides is 1. The topological polar surface area (TPSA) is 75.4 Å². The number of carbonyl (C=O) groups excluding carboxylic acids is 1. The number of carboxylic acid groups (broad SMARTS) is 1. The van der Waals surface area contributed by atoms with Gasteiger partial charge in [0.05, 0.1) is 6.20 Å². The smallest absolute Gasteiger partial charge is 0.339 e. The van der Waals surface area contributed by atoms with Crippen LogP contribution in [0.3, 0.4) is 0 Å². The molecular formula is C14H23N3O3. The minimum atomic E-state index is -1.13. The summed E-state index contributed by atoms with van der Waals surface area (Å²) in [4.78, 5) is 25.5. The number of rotatable bonds is 6. The van der Waals surface area contributed by atoms with Crippen molar-refractivity contribution in [2.75, 3.05) is 13.1 Å². The molecule has 0 aliphatic heterocycles. The molecule has 1 aromatic heterocycles. The van der Waals surface area contributed by atoms with Crippen LogP contribution in [0, 0.1) is 11.8 Å². The van der Waals surface area contributed by atoms with Crippen molar-refractivity contribution in [1.82, 2.24) is 14.7 Å². The Morgan fingerprint density at radius 1 is 1.25 bits per heavy atom. The Balaban J connectivity index is 3.11. The van der Waals surface area contributed by atoms with Gasteiger partial charge in [-0.15, -0.1) is 0 Å². The summed E-state index contributed by atoms with van der Waals surface area (Å²) in [6.45, 7) is 9.32. The van der Waals surface area contributed by atoms with E-state index in [-0.39, 0.29) is 17.2 Å². The number of carboxylic acids is 1. The summed E-state index contributed by atoms with van der Waals surface area (Å²) in [5, 5.41) is 13.0. The Morgan fingerprint density at radius 2 is 1.75 bits per heavy atom. The highest BCUT2D eigenvalue weighted by molar-refractivity contribution is 6.03. The van der Waals surface area contributed by atoms with Crippen molar-refractivity contribution in [3.8, 4) is 0 Å². The van der Waals surface area contributed by atoms with Crippen LogP contribution in [0.2, 0.25) is 0 Å². The maximum Gasteiger partial charge on any atom is 0.339 e. The standard InChI is InChI=1S/C14H23N3O3/c1-9(2)7-17(8-10(3)4)13(18)12-11(14(19)20)6-15-16(12)5/h6,9-10H,7-8H2,1-5H3,(H,19,20). The number of nitrogens with zero attached hydrogens (tertiary/aromatic N) is 3. The molecule has 0 aliphatic rings. The zero-order valence-electron chi connectivity index (χ0n) is 12.8. The summed E-state index contributed by atoms with van der Waals surface area (Å²) in [5.41, 5.74) is 0.0915. The molecule has 20 heavy (non-hydrogen) atoms. The van der Waals surface area contributed by atoms with Gasteiger partial charge in [0.15, 0.2) is 0 Å². The molecule has 1 rings (SSSR count). The number of hydrogen-bond acceptors (Lipinski definition) is 3. The van der Waals surface area contributed by atoms with Crippen molar-refractivity contribution in [2.24, 2.45) is 18.9 Å². The lowest BCUT2D eigenvalue weighted by atomic mass is 10.1. The third-order valence-electron chi connectivity index (χ3n) is 2.83. The van der Waals surface area contributed by atoms with Crippen LogP contribution in [-0.2, 0) is 7.05 Å². The first-order valence-corrected chi connectivity index (χ1v) is 6.78. The maximum absolute atomic E-state index is 12.6. The molecule has 0 aliphatic carbocycles. The molecule has 0 aromatic carbocycles. The van der Waals surface area contributed by atoms with Crippen molar-refractivity contribution >= 4 is 11.9 Å². The normalized spacial score (nSPS) is 11.2. The minimum Gasteiger partial charge on any atom is -0.478 e. The quantitative estimate of drug-likeness (QED) is 0.863. The van der Waals surface area contributed by atoms with Gasteiger partial charge in [-0.25, -0.2) is 4.79 Å². The molecule has 0 spiro atoms. The van der Waals surface area contributed by atoms with E-state index in [1.54, 1.807) is 11.9 Å². The monoisotopic (exact) mass is 281 g/mol. The third-order valence-corrected chi connectivity index (χ3v) is 2.83. The van der Waals surface area contributed by atoms with Crippen LogP contribution in [0.5, 0.6) is 0 Å². The van der Waals surface area contributed by atoms with Crippen LogP contribution >= 0.6 is 0 Å². The van der Waals surface area contributed by atoms with Crippen LogP contribution in [0.15, 0.2) is 6.20 Å². The molecule has 1 amide bonds. The number of hydrogen-bond donors (Lipinski definition) is 1. The van der Waals surface area contributed by atoms with E-state index in [9.17, 15) is 9.59 Å². The molecule has 0 saturated carbocycles. The first-order valence-electron chi connectivity index (χ1n) is 6.78. The Kier molecular flexibility index (Phi) is 5.30. The molecule has 0 radical (unpaired) electrons. The average Bonchev–Trinajstić information content (AvgIpc) is 2.68. The fourth-order valence-electron chi connectivity index (χ4n) is 2.12. The Labute approximate surface area is 119 Å². The van der Waals surface area contributed by atoms with E-state index < -0.39 is 5.97 Å². The van der Waals surface area contributed by atoms with Crippen molar-refractivity contribution in [3.05, 3.63) is 17.5 Å². The van der Waals surface area contributed by atoms with Gasteiger partial charge in [-0.05, 0) is 11.8 Å². The first kappa shape index (κ1) is 16.2. The van der Waals surface area contributed by atoms with E-state index in [0.717, 1.165) is 0 Å². The van der Waals surface area contributed by atoms with Crippen molar-refractivity contribution in [1.29, 1.82) is 0 Å². The predicted molar refractivity (Wildman–Crippen MR) is 75.7 cm³/mol. The lowest BCUT2D eigenvalue weighted by Crippen LogP contribution is -2.38. The fraction of sp³-hybridized carbons (Fsp3) is 0.643. The molecule has 0 fully saturated rings. The lowest BCUT2D eigenvalue weighted by molar-refractivity contribution is 0.0657. The highest BCUT2D eigenvalue weighted by Gasteiger charge is 2.26. The molecule has 112 valence electrons. The summed E-state index contributed by atoms with van der Waals surface area (Å²) in [6, 6.07) is 0. The van der Waals surface area contributed by atoms with E-state index in [1.807, 2.05) is 27.7 Å². The van der Waals surface area contributed by atoms with Crippen LogP contribution in [0.4, 0.5) is 0 Å². The number of aromatic nitrogens is 2. The van der Waals surface area contributed by atoms with Crippen LogP contribution in [0.25, 0.3) is 0 Å². The molecular weight excluding hydrogens is 258 g/mol. The van der Waals surface area contributed by atoms with Gasteiger partial charge in [0.25, 0.3) is 5.91 Å². The van der Waals surface area contributed by atoms with Gasteiger partial charge in [0, 0.05) is 20.1 Å². The zero-order valence-corrected chi connectivity index (χ0v) is 12.8. The fourth-order valence-corrected chi connectivity index (χ4v) is 2.12. The first-order chi connectivity index (χ1) is 9.23. The summed E-state index contributed by atoms with van der Waals surface area (Å²) in [6.07, 6.45) is 1.22. The van der Waals surface area contributed by atoms with E-state index in [0.29, 0.717) is 24.9 Å². The number of aromatic carboxylic acids is 1. The Morgan fingerprint density at radius 3 is 2.15 bits per heavy atom. The van der Waals surface area contributed by atoms with Gasteiger partial charge < -0.3 is 10.0 Å². The lowest BCUT2D eigenvalue weighted by Gasteiger charge is -2.26. The summed E-state index contributed by atoms with van der Waals surface area (Å²) >= 11 is 0. The molecule has 0 atom stereocenters. The molecule has 0 bridgehead atoms. The third kappa shape index (κ3) is 3.82. The Hall–Kier alpha value is -1.85. The van der Waals surface area contributed by atoms with Crippen molar-refractivity contribution in [2.45, 2.75) is 27.7 Å². The van der Waals surface area contributed by atoms with Crippen LogP contribution in [0.1, 0.15) is 48.5 Å². The zero-order chi connectivity index (χ0) is 15.4. The molecule has 1 N–H and O–H groups in total. The van der Waals surface area contributed by atoms with Gasteiger partial charge in [-0.2, -0.15) is 5.10 Å². The Bertz CT molecular complexity index is 482.